The number of nitrogens with two attached hydrogens (primary N) is 1. The molecular weight excluding hydrogens is 605 g/mol. The Hall–Kier alpha value is -5.53. The molecule has 11 nitrogen and oxygen atoms in total. The van der Waals surface area contributed by atoms with Gasteiger partial charge in [-0.15, -0.1) is 0 Å². The predicted molar refractivity (Wildman–Crippen MR) is 160 cm³/mol. The van der Waals surface area contributed by atoms with Crippen LogP contribution in [0.4, 0.5) is 24.7 Å². The van der Waals surface area contributed by atoms with Crippen molar-refractivity contribution in [3.8, 4) is 5.75 Å². The van der Waals surface area contributed by atoms with Crippen molar-refractivity contribution >= 4 is 34.9 Å². The van der Waals surface area contributed by atoms with Crippen molar-refractivity contribution in [3.05, 3.63) is 102 Å². The number of aliphatic imine (C=N–C) groups is 1. The monoisotopic (exact) mass is 634 g/mol. The number of aromatic nitrogens is 2. The van der Waals surface area contributed by atoms with Crippen LogP contribution in [0.2, 0.25) is 0 Å². The van der Waals surface area contributed by atoms with Gasteiger partial charge in [-0.05, 0) is 31.5 Å². The number of hydrogen-bond donors (Lipinski definition) is 2. The fraction of sp³-hybridized carbons (Fsp3) is 0.250. The fourth-order valence-electron chi connectivity index (χ4n) is 5.30. The highest BCUT2D eigenvalue weighted by Gasteiger charge is 2.42. The number of benzene rings is 2. The summed E-state index contributed by atoms with van der Waals surface area (Å²) in [5.74, 6) is -5.40. The van der Waals surface area contributed by atoms with E-state index in [9.17, 15) is 27.6 Å². The summed E-state index contributed by atoms with van der Waals surface area (Å²) in [6, 6.07) is 19.1. The summed E-state index contributed by atoms with van der Waals surface area (Å²) < 4.78 is 49.9. The highest BCUT2D eigenvalue weighted by Crippen LogP contribution is 2.36. The first-order valence-corrected chi connectivity index (χ1v) is 14.1. The van der Waals surface area contributed by atoms with E-state index < -0.39 is 54.7 Å². The Morgan fingerprint density at radius 1 is 1.09 bits per heavy atom. The van der Waals surface area contributed by atoms with Crippen LogP contribution in [0.3, 0.4) is 0 Å². The van der Waals surface area contributed by atoms with Gasteiger partial charge in [-0.3, -0.25) is 19.3 Å². The number of benzodiazepines with no additional fused rings is 1. The number of nitrogens with zero attached hydrogens (tertiary/aromatic N) is 4. The number of rotatable bonds is 10. The Balaban J connectivity index is 1.63. The van der Waals surface area contributed by atoms with E-state index in [0.29, 0.717) is 28.3 Å². The predicted octanol–water partition coefficient (Wildman–Crippen LogP) is 4.57. The molecule has 0 fully saturated rings. The maximum Gasteiger partial charge on any atom is 0.389 e. The molecule has 0 unspecified atom stereocenters. The number of nitrogens with one attached hydrogen (secondary N) is 1. The number of halogens is 3. The number of alkyl halides is 3. The standard InChI is InChI=1S/C32H29F3N6O5/c1-18-23(17-46-40-18)26(22(28(36)42)14-15-32(33,34)35)30(43)39-29-31(44)41(25-13-12-20(45-2)16-37-25)24-11-7-6-10-21(24)27(38-29)19-8-4-3-5-9-19/h3-13,16-17,22,26,29H,14-15H2,1-2H3,(H2,36,42)(H,39,43)/t22-,26-,29-/m1/s1. The molecule has 5 rings (SSSR count). The van der Waals surface area contributed by atoms with E-state index >= 15 is 0 Å². The van der Waals surface area contributed by atoms with Gasteiger partial charge in [0.2, 0.25) is 18.0 Å². The van der Waals surface area contributed by atoms with Crippen LogP contribution in [0, 0.1) is 12.8 Å². The van der Waals surface area contributed by atoms with Crippen molar-refractivity contribution in [2.24, 2.45) is 16.6 Å². The second-order valence-electron chi connectivity index (χ2n) is 10.5. The van der Waals surface area contributed by atoms with Gasteiger partial charge in [0, 0.05) is 23.1 Å². The third-order valence-electron chi connectivity index (χ3n) is 7.54. The van der Waals surface area contributed by atoms with Crippen LogP contribution in [-0.4, -0.2) is 53.0 Å². The molecule has 4 aromatic rings. The Labute approximate surface area is 261 Å². The van der Waals surface area contributed by atoms with Gasteiger partial charge < -0.3 is 20.3 Å². The zero-order valence-electron chi connectivity index (χ0n) is 24.7. The number of aryl methyl sites for hydroxylation is 1. The summed E-state index contributed by atoms with van der Waals surface area (Å²) in [4.78, 5) is 51.4. The van der Waals surface area contributed by atoms with E-state index in [-0.39, 0.29) is 17.1 Å². The summed E-state index contributed by atoms with van der Waals surface area (Å²) in [5.41, 5.74) is 7.71. The fourth-order valence-corrected chi connectivity index (χ4v) is 5.30. The average Bonchev–Trinajstić information content (AvgIpc) is 3.41. The molecular formula is C32H29F3N6O5. The second kappa shape index (κ2) is 13.2. The van der Waals surface area contributed by atoms with Gasteiger partial charge in [-0.25, -0.2) is 9.98 Å². The molecule has 3 heterocycles. The topological polar surface area (TPSA) is 153 Å². The van der Waals surface area contributed by atoms with Gasteiger partial charge in [-0.2, -0.15) is 13.2 Å². The third kappa shape index (κ3) is 6.75. The van der Waals surface area contributed by atoms with Gasteiger partial charge in [0.15, 0.2) is 0 Å². The van der Waals surface area contributed by atoms with Gasteiger partial charge in [0.25, 0.3) is 5.91 Å². The first-order chi connectivity index (χ1) is 22.0. The molecule has 3 amide bonds. The maximum absolute atomic E-state index is 14.4. The van der Waals surface area contributed by atoms with Crippen LogP contribution < -0.4 is 20.7 Å². The molecule has 2 aromatic carbocycles. The lowest BCUT2D eigenvalue weighted by molar-refractivity contribution is -0.143. The second-order valence-corrected chi connectivity index (χ2v) is 10.5. The van der Waals surface area contributed by atoms with Crippen molar-refractivity contribution in [3.63, 3.8) is 0 Å². The minimum atomic E-state index is -4.62. The van der Waals surface area contributed by atoms with Crippen LogP contribution in [-0.2, 0) is 14.4 Å². The smallest absolute Gasteiger partial charge is 0.389 e. The number of anilines is 2. The highest BCUT2D eigenvalue weighted by atomic mass is 19.4. The van der Waals surface area contributed by atoms with Crippen molar-refractivity contribution < 1.29 is 36.8 Å². The Morgan fingerprint density at radius 3 is 2.41 bits per heavy atom. The number of pyridine rings is 1. The minimum Gasteiger partial charge on any atom is -0.495 e. The Kier molecular flexibility index (Phi) is 9.16. The lowest BCUT2D eigenvalue weighted by Crippen LogP contribution is -2.49. The number of fused-ring (bicyclic) bond motifs is 1. The lowest BCUT2D eigenvalue weighted by atomic mass is 9.82. The molecule has 0 radical (unpaired) electrons. The lowest BCUT2D eigenvalue weighted by Gasteiger charge is -2.27. The number of amides is 3. The molecule has 3 N–H and O–H groups in total. The molecule has 1 aliphatic rings. The SMILES string of the molecule is COc1ccc(N2C(=O)[C@@H](NC(=O)[C@@H](c3conc3C)[C@@H](CCC(F)(F)F)C(N)=O)N=C(c3ccccc3)c3ccccc32)nc1. The number of carbonyl (C=O) groups excluding carboxylic acids is 3. The van der Waals surface area contributed by atoms with Crippen molar-refractivity contribution in [2.75, 3.05) is 12.0 Å². The van der Waals surface area contributed by atoms with Crippen LogP contribution >= 0.6 is 0 Å². The summed E-state index contributed by atoms with van der Waals surface area (Å²) in [6.07, 6.45) is -5.91. The quantitative estimate of drug-likeness (QED) is 0.259. The number of ether oxygens (including phenoxy) is 1. The molecule has 1 aliphatic heterocycles. The van der Waals surface area contributed by atoms with Gasteiger partial charge in [-0.1, -0.05) is 53.7 Å². The van der Waals surface area contributed by atoms with Gasteiger partial charge in [0.05, 0.1) is 42.2 Å². The zero-order valence-corrected chi connectivity index (χ0v) is 24.7. The highest BCUT2D eigenvalue weighted by molar-refractivity contribution is 6.21. The summed E-state index contributed by atoms with van der Waals surface area (Å²) >= 11 is 0. The minimum absolute atomic E-state index is 0.0498. The average molecular weight is 635 g/mol. The van der Waals surface area contributed by atoms with Gasteiger partial charge >= 0.3 is 6.18 Å². The van der Waals surface area contributed by atoms with E-state index in [2.05, 4.69) is 15.5 Å². The molecule has 46 heavy (non-hydrogen) atoms. The molecule has 0 saturated carbocycles. The van der Waals surface area contributed by atoms with Crippen molar-refractivity contribution in [1.82, 2.24) is 15.5 Å². The Bertz CT molecular complexity index is 1760. The zero-order chi connectivity index (χ0) is 33.0. The van der Waals surface area contributed by atoms with Crippen molar-refractivity contribution in [1.29, 1.82) is 0 Å². The van der Waals surface area contributed by atoms with Crippen LogP contribution in [0.5, 0.6) is 5.75 Å². The van der Waals surface area contributed by atoms with E-state index in [4.69, 9.17) is 20.0 Å². The number of para-hydroxylation sites is 1. The molecule has 0 bridgehead atoms. The summed E-state index contributed by atoms with van der Waals surface area (Å²) in [7, 11) is 1.47. The summed E-state index contributed by atoms with van der Waals surface area (Å²) in [5, 5.41) is 6.33. The first kappa shape index (κ1) is 31.9. The van der Waals surface area contributed by atoms with E-state index in [1.54, 1.807) is 66.7 Å². The number of hydrogen-bond acceptors (Lipinski definition) is 8. The summed E-state index contributed by atoms with van der Waals surface area (Å²) in [6.45, 7) is 1.47. The molecule has 14 heteroatoms. The largest absolute Gasteiger partial charge is 0.495 e. The molecule has 0 saturated heterocycles. The molecule has 238 valence electrons. The van der Waals surface area contributed by atoms with E-state index in [1.807, 2.05) is 0 Å². The van der Waals surface area contributed by atoms with Crippen LogP contribution in [0.1, 0.15) is 41.1 Å². The van der Waals surface area contributed by atoms with E-state index in [1.165, 1.54) is 25.1 Å². The van der Waals surface area contributed by atoms with E-state index in [0.717, 1.165) is 6.26 Å². The van der Waals surface area contributed by atoms with Crippen LogP contribution in [0.15, 0.2) is 88.7 Å². The first-order valence-electron chi connectivity index (χ1n) is 14.1. The normalized spacial score (nSPS) is 16.1. The number of carbonyl (C=O) groups is 3. The molecule has 0 spiro atoms. The van der Waals surface area contributed by atoms with Crippen molar-refractivity contribution in [2.45, 2.75) is 38.0 Å². The van der Waals surface area contributed by atoms with Crippen LogP contribution in [0.25, 0.3) is 0 Å². The maximum atomic E-state index is 14.4. The third-order valence-corrected chi connectivity index (χ3v) is 7.54. The van der Waals surface area contributed by atoms with Gasteiger partial charge in [0.1, 0.15) is 17.8 Å². The molecule has 2 aromatic heterocycles. The molecule has 0 aliphatic carbocycles. The molecule has 3 atom stereocenters. The number of methoxy groups -OCH3 is 1. The Morgan fingerprint density at radius 2 is 1.80 bits per heavy atom. The number of primary amides is 1.